The summed E-state index contributed by atoms with van der Waals surface area (Å²) in [5.74, 6) is -0.0960. The molecule has 1 aliphatic carbocycles. The quantitative estimate of drug-likeness (QED) is 0.818. The molecular formula is C18H20N2O3S2. The van der Waals surface area contributed by atoms with E-state index in [1.54, 1.807) is 11.3 Å². The van der Waals surface area contributed by atoms with E-state index >= 15 is 0 Å². The topological polar surface area (TPSA) is 68.2 Å². The SMILES string of the molecule is CCNC(=O)Cn1c(=O)/c(=C\c2ccc(C)s2)s/c1=C/C(=O)C1CC1. The molecule has 7 heteroatoms. The van der Waals surface area contributed by atoms with Gasteiger partial charge >= 0.3 is 0 Å². The number of rotatable bonds is 6. The summed E-state index contributed by atoms with van der Waals surface area (Å²) in [4.78, 5) is 39.0. The fourth-order valence-electron chi connectivity index (χ4n) is 2.46. The Hall–Kier alpha value is -1.99. The predicted octanol–water partition coefficient (Wildman–Crippen LogP) is 1.00. The van der Waals surface area contributed by atoms with Crippen LogP contribution in [0.2, 0.25) is 0 Å². The van der Waals surface area contributed by atoms with Crippen LogP contribution in [0.25, 0.3) is 12.2 Å². The molecule has 0 saturated heterocycles. The molecule has 132 valence electrons. The number of Topliss-reactive ketones (excluding diaryl/α,β-unsaturated/α-hetero) is 1. The van der Waals surface area contributed by atoms with E-state index in [2.05, 4.69) is 5.32 Å². The van der Waals surface area contributed by atoms with Crippen molar-refractivity contribution in [2.45, 2.75) is 33.2 Å². The van der Waals surface area contributed by atoms with Gasteiger partial charge in [-0.1, -0.05) is 0 Å². The number of hydrogen-bond acceptors (Lipinski definition) is 5. The van der Waals surface area contributed by atoms with Crippen LogP contribution in [0.15, 0.2) is 16.9 Å². The van der Waals surface area contributed by atoms with Crippen molar-refractivity contribution in [3.05, 3.63) is 41.4 Å². The van der Waals surface area contributed by atoms with Gasteiger partial charge in [0.15, 0.2) is 5.78 Å². The third-order valence-electron chi connectivity index (χ3n) is 3.89. The summed E-state index contributed by atoms with van der Waals surface area (Å²) >= 11 is 2.87. The van der Waals surface area contributed by atoms with Gasteiger partial charge in [-0.3, -0.25) is 19.0 Å². The predicted molar refractivity (Wildman–Crippen MR) is 101 cm³/mol. The number of carbonyl (C=O) groups excluding carboxylic acids is 2. The van der Waals surface area contributed by atoms with E-state index in [0.717, 1.165) is 17.7 Å². The Bertz CT molecular complexity index is 977. The summed E-state index contributed by atoms with van der Waals surface area (Å²) in [5.41, 5.74) is -0.225. The number of amides is 1. The molecule has 1 fully saturated rings. The molecule has 0 aromatic carbocycles. The number of aryl methyl sites for hydroxylation is 1. The van der Waals surface area contributed by atoms with E-state index < -0.39 is 0 Å². The van der Waals surface area contributed by atoms with Crippen LogP contribution in [-0.4, -0.2) is 22.8 Å². The highest BCUT2D eigenvalue weighted by Crippen LogP contribution is 2.30. The van der Waals surface area contributed by atoms with Crippen LogP contribution in [0, 0.1) is 12.8 Å². The van der Waals surface area contributed by atoms with Crippen molar-refractivity contribution >= 4 is 46.5 Å². The van der Waals surface area contributed by atoms with Gasteiger partial charge in [-0.15, -0.1) is 22.7 Å². The number of thiazole rings is 1. The highest BCUT2D eigenvalue weighted by molar-refractivity contribution is 7.13. The maximum absolute atomic E-state index is 12.7. The Morgan fingerprint density at radius 3 is 2.68 bits per heavy atom. The summed E-state index contributed by atoms with van der Waals surface area (Å²) < 4.78 is 2.50. The van der Waals surface area contributed by atoms with Crippen molar-refractivity contribution in [2.24, 2.45) is 5.92 Å². The van der Waals surface area contributed by atoms with Gasteiger partial charge in [-0.2, -0.15) is 0 Å². The van der Waals surface area contributed by atoms with Crippen LogP contribution in [0.4, 0.5) is 0 Å². The second-order valence-corrected chi connectivity index (χ2v) is 8.44. The minimum atomic E-state index is -0.227. The lowest BCUT2D eigenvalue weighted by Crippen LogP contribution is -2.38. The lowest BCUT2D eigenvalue weighted by atomic mass is 10.3. The van der Waals surface area contributed by atoms with E-state index in [0.29, 0.717) is 15.7 Å². The van der Waals surface area contributed by atoms with Gasteiger partial charge in [0, 0.05) is 28.3 Å². The Labute approximate surface area is 153 Å². The summed E-state index contributed by atoms with van der Waals surface area (Å²) in [6.07, 6.45) is 5.18. The standard InChI is InChI=1S/C18H20N2O3S2/c1-3-19-16(22)10-20-17(9-14(21)12-5-6-12)25-15(18(20)23)8-13-7-4-11(2)24-13/h4,7-9,12H,3,5-6,10H2,1-2H3,(H,19,22)/b15-8+,17-9+. The first-order chi connectivity index (χ1) is 12.0. The third kappa shape index (κ3) is 4.35. The molecule has 1 N–H and O–H groups in total. The first kappa shape index (κ1) is 17.8. The maximum atomic E-state index is 12.7. The molecule has 3 rings (SSSR count). The number of aromatic nitrogens is 1. The molecule has 1 saturated carbocycles. The van der Waals surface area contributed by atoms with Gasteiger partial charge < -0.3 is 5.32 Å². The van der Waals surface area contributed by atoms with E-state index in [9.17, 15) is 14.4 Å². The lowest BCUT2D eigenvalue weighted by Gasteiger charge is -2.02. The minimum Gasteiger partial charge on any atom is -0.355 e. The highest BCUT2D eigenvalue weighted by Gasteiger charge is 2.28. The first-order valence-electron chi connectivity index (χ1n) is 8.28. The van der Waals surface area contributed by atoms with Crippen LogP contribution >= 0.6 is 22.7 Å². The zero-order chi connectivity index (χ0) is 18.0. The highest BCUT2D eigenvalue weighted by atomic mass is 32.1. The average Bonchev–Trinajstić information content (AvgIpc) is 3.28. The molecule has 2 aromatic heterocycles. The summed E-state index contributed by atoms with van der Waals surface area (Å²) in [7, 11) is 0. The van der Waals surface area contributed by atoms with Crippen molar-refractivity contribution in [2.75, 3.05) is 6.54 Å². The third-order valence-corrected chi connectivity index (χ3v) is 5.90. The molecule has 0 radical (unpaired) electrons. The van der Waals surface area contributed by atoms with Crippen LogP contribution < -0.4 is 20.1 Å². The number of hydrogen-bond donors (Lipinski definition) is 1. The molecule has 2 aromatic rings. The van der Waals surface area contributed by atoms with Crippen molar-refractivity contribution < 1.29 is 9.59 Å². The zero-order valence-corrected chi connectivity index (χ0v) is 15.8. The molecule has 2 heterocycles. The van der Waals surface area contributed by atoms with Crippen molar-refractivity contribution in [3.63, 3.8) is 0 Å². The summed E-state index contributed by atoms with van der Waals surface area (Å²) in [6.45, 7) is 4.28. The van der Waals surface area contributed by atoms with Crippen molar-refractivity contribution in [3.8, 4) is 0 Å². The van der Waals surface area contributed by atoms with Gasteiger partial charge in [0.2, 0.25) is 5.91 Å². The summed E-state index contributed by atoms with van der Waals surface area (Å²) in [6, 6.07) is 3.97. The van der Waals surface area contributed by atoms with E-state index in [1.807, 2.05) is 32.1 Å². The normalized spacial score (nSPS) is 15.6. The molecule has 0 unspecified atom stereocenters. The number of nitrogens with one attached hydrogen (secondary N) is 1. The van der Waals surface area contributed by atoms with E-state index in [4.69, 9.17) is 0 Å². The Balaban J connectivity index is 2.07. The minimum absolute atomic E-state index is 0.0458. The van der Waals surface area contributed by atoms with Crippen molar-refractivity contribution in [1.29, 1.82) is 0 Å². The molecule has 5 nitrogen and oxygen atoms in total. The fraction of sp³-hybridized carbons (Fsp3) is 0.389. The maximum Gasteiger partial charge on any atom is 0.269 e. The molecular weight excluding hydrogens is 356 g/mol. The Morgan fingerprint density at radius 2 is 2.08 bits per heavy atom. The van der Waals surface area contributed by atoms with Gasteiger partial charge in [0.1, 0.15) is 11.2 Å². The fourth-order valence-corrected chi connectivity index (χ4v) is 4.39. The number of ketones is 1. The van der Waals surface area contributed by atoms with Crippen molar-refractivity contribution in [1.82, 2.24) is 9.88 Å². The summed E-state index contributed by atoms with van der Waals surface area (Å²) in [5, 5.41) is 2.70. The van der Waals surface area contributed by atoms with Crippen LogP contribution in [-0.2, 0) is 16.1 Å². The second-order valence-electron chi connectivity index (χ2n) is 6.06. The number of carbonyl (C=O) groups is 2. The van der Waals surface area contributed by atoms with Crippen LogP contribution in [0.1, 0.15) is 29.5 Å². The van der Waals surface area contributed by atoms with Gasteiger partial charge in [0.25, 0.3) is 5.56 Å². The molecule has 0 spiro atoms. The lowest BCUT2D eigenvalue weighted by molar-refractivity contribution is -0.121. The smallest absolute Gasteiger partial charge is 0.269 e. The van der Waals surface area contributed by atoms with Gasteiger partial charge in [-0.25, -0.2) is 0 Å². The largest absolute Gasteiger partial charge is 0.355 e. The monoisotopic (exact) mass is 376 g/mol. The van der Waals surface area contributed by atoms with Crippen LogP contribution in [0.3, 0.4) is 0 Å². The van der Waals surface area contributed by atoms with Gasteiger partial charge in [0.05, 0.1) is 4.53 Å². The average molecular weight is 377 g/mol. The van der Waals surface area contributed by atoms with Crippen LogP contribution in [0.5, 0.6) is 0 Å². The number of thiophene rings is 1. The Morgan fingerprint density at radius 1 is 1.32 bits per heavy atom. The molecule has 0 atom stereocenters. The molecule has 0 bridgehead atoms. The first-order valence-corrected chi connectivity index (χ1v) is 9.91. The number of likely N-dealkylation sites (N-methyl/N-ethyl adjacent to an activating group) is 1. The second kappa shape index (κ2) is 7.49. The number of nitrogens with zero attached hydrogens (tertiary/aromatic N) is 1. The van der Waals surface area contributed by atoms with Gasteiger partial charge in [-0.05, 0) is 44.9 Å². The van der Waals surface area contributed by atoms with E-state index in [-0.39, 0.29) is 29.7 Å². The molecule has 1 amide bonds. The molecule has 25 heavy (non-hydrogen) atoms. The zero-order valence-electron chi connectivity index (χ0n) is 14.2. The molecule has 1 aliphatic rings. The molecule has 0 aliphatic heterocycles. The Kier molecular flexibility index (Phi) is 5.34. The van der Waals surface area contributed by atoms with E-state index in [1.165, 1.54) is 26.9 Å².